The van der Waals surface area contributed by atoms with Gasteiger partial charge >= 0.3 is 0 Å². The molecule has 4 atom stereocenters. The van der Waals surface area contributed by atoms with E-state index in [0.717, 1.165) is 83.3 Å². The van der Waals surface area contributed by atoms with Gasteiger partial charge in [-0.25, -0.2) is 9.97 Å². The van der Waals surface area contributed by atoms with Gasteiger partial charge in [-0.15, -0.1) is 0 Å². The summed E-state index contributed by atoms with van der Waals surface area (Å²) < 4.78 is 66.2. The molecule has 18 heteroatoms. The maximum Gasteiger partial charge on any atom is 0.286 e. The molecule has 0 saturated carbocycles. The highest BCUT2D eigenvalue weighted by Gasteiger charge is 2.53. The van der Waals surface area contributed by atoms with Crippen LogP contribution >= 0.6 is 0 Å². The second-order valence-electron chi connectivity index (χ2n) is 20.6. The largest absolute Gasteiger partial charge is 0.380 e. The SMILES string of the molecule is CCN1C(=O)[C@@]2(C)COCC[C@@H]2c2cc(-c3cc(NC(=O)c4ccnc(C(C)(F)F)c4)ccc3C)cnc21.CCN1C(=O)[C@]2(C)COCC[C@H]2c2cc(-c3cc(NC(=O)c4ccnc(C(C)(F)F)c4)ccc3C)cnc21. The standard InChI is InChI=1S/2C29H30F2N4O3/c2*1-5-35-25-22(23-9-11-38-16-28(23,3)27(35)37)12-19(15-33-25)21-14-20(7-6-17(21)2)34-26(36)18-8-10-32-24(13-18)29(4,30)31/h2*6-8,10,12-15,23H,5,9,11,16H2,1-4H3,(H,34,36)/t2*23-,28+/m10/s1. The third-order valence-corrected chi connectivity index (χ3v) is 15.2. The Morgan fingerprint density at radius 2 is 1.01 bits per heavy atom. The lowest BCUT2D eigenvalue weighted by atomic mass is 9.67. The molecule has 2 N–H and O–H groups in total. The fraction of sp³-hybridized carbons (Fsp3) is 0.379. The Morgan fingerprint density at radius 1 is 0.618 bits per heavy atom. The number of fused-ring (bicyclic) bond motifs is 6. The number of hydrogen-bond acceptors (Lipinski definition) is 10. The molecule has 10 rings (SSSR count). The highest BCUT2D eigenvalue weighted by molar-refractivity contribution is 6.06. The Hall–Kier alpha value is -7.44. The van der Waals surface area contributed by atoms with E-state index in [1.54, 1.807) is 34.3 Å². The number of aromatic nitrogens is 4. The minimum atomic E-state index is -3.15. The van der Waals surface area contributed by atoms with E-state index >= 15 is 0 Å². The predicted octanol–water partition coefficient (Wildman–Crippen LogP) is 11.4. The van der Waals surface area contributed by atoms with Crippen LogP contribution in [0, 0.1) is 24.7 Å². The van der Waals surface area contributed by atoms with Gasteiger partial charge in [0.2, 0.25) is 11.8 Å². The lowest BCUT2D eigenvalue weighted by molar-refractivity contribution is -0.138. The molecule has 4 aliphatic heterocycles. The minimum absolute atomic E-state index is 0.00484. The van der Waals surface area contributed by atoms with E-state index in [4.69, 9.17) is 19.4 Å². The van der Waals surface area contributed by atoms with Gasteiger partial charge in [0.25, 0.3) is 23.7 Å². The van der Waals surface area contributed by atoms with E-state index in [9.17, 15) is 36.7 Å². The molecule has 4 amide bonds. The number of ether oxygens (including phenoxy) is 2. The molecule has 4 aromatic heterocycles. The third-order valence-electron chi connectivity index (χ3n) is 15.2. The average molecular weight is 1040 g/mol. The molecule has 0 spiro atoms. The van der Waals surface area contributed by atoms with E-state index in [1.165, 1.54) is 24.5 Å². The number of alkyl halides is 4. The molecule has 4 aliphatic rings. The molecule has 0 radical (unpaired) electrons. The van der Waals surface area contributed by atoms with E-state index in [1.807, 2.05) is 65.8 Å². The minimum Gasteiger partial charge on any atom is -0.380 e. The normalized spacial score (nSPS) is 21.1. The number of aryl methyl sites for hydroxylation is 2. The van der Waals surface area contributed by atoms with Gasteiger partial charge < -0.3 is 20.1 Å². The van der Waals surface area contributed by atoms with E-state index < -0.39 is 45.9 Å². The molecule has 14 nitrogen and oxygen atoms in total. The summed E-state index contributed by atoms with van der Waals surface area (Å²) in [5.41, 5.74) is 6.52. The Balaban J connectivity index is 0.000000186. The van der Waals surface area contributed by atoms with Crippen molar-refractivity contribution in [1.82, 2.24) is 19.9 Å². The summed E-state index contributed by atoms with van der Waals surface area (Å²) in [5, 5.41) is 5.62. The molecular formula is C58H60F4N8O6. The maximum atomic E-state index is 13.7. The Kier molecular flexibility index (Phi) is 14.5. The number of nitrogens with zero attached hydrogens (tertiary/aromatic N) is 6. The highest BCUT2D eigenvalue weighted by atomic mass is 19.3. The number of amides is 4. The van der Waals surface area contributed by atoms with Crippen LogP contribution in [0.2, 0.25) is 0 Å². The van der Waals surface area contributed by atoms with E-state index in [-0.39, 0.29) is 34.8 Å². The lowest BCUT2D eigenvalue weighted by Crippen LogP contribution is -2.54. The van der Waals surface area contributed by atoms with Crippen LogP contribution in [-0.4, -0.2) is 83.1 Å². The number of hydrogen-bond donors (Lipinski definition) is 2. The number of benzene rings is 2. The van der Waals surface area contributed by atoms with Gasteiger partial charge in [0.15, 0.2) is 0 Å². The Morgan fingerprint density at radius 3 is 1.38 bits per heavy atom. The summed E-state index contributed by atoms with van der Waals surface area (Å²) in [6.07, 6.45) is 7.38. The van der Waals surface area contributed by atoms with Crippen molar-refractivity contribution in [3.8, 4) is 22.3 Å². The van der Waals surface area contributed by atoms with Gasteiger partial charge in [0, 0.05) is 122 Å². The first-order valence-electron chi connectivity index (χ1n) is 25.4. The highest BCUT2D eigenvalue weighted by Crippen LogP contribution is 2.52. The number of rotatable bonds is 10. The third kappa shape index (κ3) is 10.1. The quantitative estimate of drug-likeness (QED) is 0.126. The van der Waals surface area contributed by atoms with Crippen LogP contribution < -0.4 is 20.4 Å². The fourth-order valence-corrected chi connectivity index (χ4v) is 10.9. The second kappa shape index (κ2) is 20.6. The van der Waals surface area contributed by atoms with Crippen LogP contribution in [0.5, 0.6) is 0 Å². The molecule has 6 aromatic rings. The fourth-order valence-electron chi connectivity index (χ4n) is 10.9. The van der Waals surface area contributed by atoms with Crippen molar-refractivity contribution in [3.05, 3.63) is 142 Å². The Bertz CT molecular complexity index is 3060. The van der Waals surface area contributed by atoms with Crippen molar-refractivity contribution in [2.45, 2.75) is 91.9 Å². The lowest BCUT2D eigenvalue weighted by Gasteiger charge is -2.47. The van der Waals surface area contributed by atoms with Crippen molar-refractivity contribution in [1.29, 1.82) is 0 Å². The number of halogens is 4. The molecule has 0 unspecified atom stereocenters. The summed E-state index contributed by atoms with van der Waals surface area (Å²) in [5.74, 6) is -5.86. The second-order valence-corrected chi connectivity index (χ2v) is 20.6. The van der Waals surface area contributed by atoms with Crippen molar-refractivity contribution in [3.63, 3.8) is 0 Å². The summed E-state index contributed by atoms with van der Waals surface area (Å²) in [6.45, 7) is 16.2. The molecule has 2 aromatic carbocycles. The molecular weight excluding hydrogens is 981 g/mol. The molecule has 2 saturated heterocycles. The van der Waals surface area contributed by atoms with Crippen molar-refractivity contribution in [2.24, 2.45) is 10.8 Å². The van der Waals surface area contributed by atoms with Crippen LogP contribution in [0.3, 0.4) is 0 Å². The van der Waals surface area contributed by atoms with Gasteiger partial charge in [-0.05, 0) is 137 Å². The molecule has 8 heterocycles. The smallest absolute Gasteiger partial charge is 0.286 e. The summed E-state index contributed by atoms with van der Waals surface area (Å²) in [6, 6.07) is 20.2. The number of anilines is 4. The summed E-state index contributed by atoms with van der Waals surface area (Å²) in [7, 11) is 0. The number of carbonyl (C=O) groups excluding carboxylic acids is 4. The summed E-state index contributed by atoms with van der Waals surface area (Å²) >= 11 is 0. The van der Waals surface area contributed by atoms with E-state index in [0.29, 0.717) is 62.5 Å². The van der Waals surface area contributed by atoms with Crippen molar-refractivity contribution < 1.29 is 46.2 Å². The van der Waals surface area contributed by atoms with Crippen LogP contribution in [0.25, 0.3) is 22.3 Å². The van der Waals surface area contributed by atoms with Crippen molar-refractivity contribution >= 4 is 46.6 Å². The van der Waals surface area contributed by atoms with E-state index in [2.05, 4.69) is 32.7 Å². The first kappa shape index (κ1) is 53.4. The monoisotopic (exact) mass is 1040 g/mol. The zero-order valence-electron chi connectivity index (χ0n) is 43.7. The zero-order valence-corrected chi connectivity index (χ0v) is 43.7. The number of nitrogens with one attached hydrogen (secondary N) is 2. The van der Waals surface area contributed by atoms with Crippen LogP contribution in [-0.2, 0) is 30.9 Å². The molecule has 76 heavy (non-hydrogen) atoms. The Labute approximate surface area is 438 Å². The van der Waals surface area contributed by atoms with Gasteiger partial charge in [0.05, 0.1) is 24.0 Å². The average Bonchev–Trinajstić information content (AvgIpc) is 3.47. The number of pyridine rings is 4. The molecule has 0 bridgehead atoms. The van der Waals surface area contributed by atoms with Gasteiger partial charge in [-0.2, -0.15) is 17.6 Å². The zero-order chi connectivity index (χ0) is 54.5. The topological polar surface area (TPSA) is 169 Å². The van der Waals surface area contributed by atoms with Crippen LogP contribution in [0.1, 0.15) is 121 Å². The predicted molar refractivity (Wildman–Crippen MR) is 281 cm³/mol. The van der Waals surface area contributed by atoms with Gasteiger partial charge in [-0.1, -0.05) is 12.1 Å². The molecule has 396 valence electrons. The maximum absolute atomic E-state index is 13.7. The first-order chi connectivity index (χ1) is 36.0. The number of carbonyl (C=O) groups is 4. The van der Waals surface area contributed by atoms with Gasteiger partial charge in [-0.3, -0.25) is 38.9 Å². The molecule has 2 fully saturated rings. The first-order valence-corrected chi connectivity index (χ1v) is 25.4. The van der Waals surface area contributed by atoms with Crippen LogP contribution in [0.4, 0.5) is 40.6 Å². The van der Waals surface area contributed by atoms with Crippen LogP contribution in [0.15, 0.2) is 97.6 Å². The van der Waals surface area contributed by atoms with Crippen molar-refractivity contribution in [2.75, 3.05) is 60.0 Å². The summed E-state index contributed by atoms with van der Waals surface area (Å²) in [4.78, 5) is 72.7. The molecule has 0 aliphatic carbocycles. The van der Waals surface area contributed by atoms with Gasteiger partial charge in [0.1, 0.15) is 23.0 Å².